The molecule has 0 bridgehead atoms. The van der Waals surface area contributed by atoms with Gasteiger partial charge >= 0.3 is 0 Å². The van der Waals surface area contributed by atoms with Gasteiger partial charge in [-0.2, -0.15) is 5.10 Å². The van der Waals surface area contributed by atoms with Crippen LogP contribution in [-0.4, -0.2) is 38.8 Å². The summed E-state index contributed by atoms with van der Waals surface area (Å²) in [6.07, 6.45) is 0. The molecular formula is C14H17FN4OS. The molecule has 1 N–H and O–H groups in total. The maximum Gasteiger partial charge on any atom is 0.232 e. The Balaban J connectivity index is 1.74. The Hall–Kier alpha value is -1.89. The summed E-state index contributed by atoms with van der Waals surface area (Å²) in [5.74, 6) is 2.16. The van der Waals surface area contributed by atoms with Crippen molar-refractivity contribution in [3.8, 4) is 0 Å². The van der Waals surface area contributed by atoms with E-state index in [0.717, 1.165) is 11.4 Å². The molecule has 0 fully saturated rings. The van der Waals surface area contributed by atoms with Crippen LogP contribution < -0.4 is 0 Å². The van der Waals surface area contributed by atoms with E-state index in [4.69, 9.17) is 0 Å². The standard InChI is InChI=1S/C14H17FN4OS/c1-10-16-13(18-17-10)7-19(2)14(20)9-21-8-11-3-5-12(15)6-4-11/h3-6H,7-9H2,1-2H3,(H,16,17,18). The molecule has 0 spiro atoms. The van der Waals surface area contributed by atoms with Crippen LogP contribution in [0.25, 0.3) is 0 Å². The molecule has 0 saturated carbocycles. The average molecular weight is 308 g/mol. The van der Waals surface area contributed by atoms with Crippen molar-refractivity contribution in [2.24, 2.45) is 0 Å². The first-order chi connectivity index (χ1) is 10.0. The summed E-state index contributed by atoms with van der Waals surface area (Å²) in [4.78, 5) is 17.7. The lowest BCUT2D eigenvalue weighted by Crippen LogP contribution is -2.28. The van der Waals surface area contributed by atoms with E-state index in [2.05, 4.69) is 15.2 Å². The predicted molar refractivity (Wildman–Crippen MR) is 80.2 cm³/mol. The van der Waals surface area contributed by atoms with Crippen LogP contribution in [0.4, 0.5) is 4.39 Å². The van der Waals surface area contributed by atoms with Crippen LogP contribution in [0.15, 0.2) is 24.3 Å². The third-order valence-corrected chi connectivity index (χ3v) is 3.84. The van der Waals surface area contributed by atoms with Crippen molar-refractivity contribution in [2.45, 2.75) is 19.2 Å². The van der Waals surface area contributed by atoms with Crippen molar-refractivity contribution in [3.05, 3.63) is 47.3 Å². The normalized spacial score (nSPS) is 10.6. The van der Waals surface area contributed by atoms with Gasteiger partial charge in [-0.1, -0.05) is 12.1 Å². The second-order valence-corrected chi connectivity index (χ2v) is 5.69. The molecule has 1 heterocycles. The number of aryl methyl sites for hydroxylation is 1. The highest BCUT2D eigenvalue weighted by molar-refractivity contribution is 7.99. The van der Waals surface area contributed by atoms with Gasteiger partial charge in [0.15, 0.2) is 5.82 Å². The molecule has 5 nitrogen and oxygen atoms in total. The Morgan fingerprint density at radius 1 is 1.38 bits per heavy atom. The number of hydrogen-bond acceptors (Lipinski definition) is 4. The molecule has 0 radical (unpaired) electrons. The van der Waals surface area contributed by atoms with E-state index >= 15 is 0 Å². The number of halogens is 1. The molecular weight excluding hydrogens is 291 g/mol. The minimum atomic E-state index is -0.249. The number of nitrogens with one attached hydrogen (secondary N) is 1. The van der Waals surface area contributed by atoms with E-state index in [0.29, 0.717) is 23.9 Å². The monoisotopic (exact) mass is 308 g/mol. The fourth-order valence-electron chi connectivity index (χ4n) is 1.71. The van der Waals surface area contributed by atoms with Crippen LogP contribution in [0.3, 0.4) is 0 Å². The van der Waals surface area contributed by atoms with E-state index in [1.54, 1.807) is 24.1 Å². The van der Waals surface area contributed by atoms with Gasteiger partial charge in [0.05, 0.1) is 12.3 Å². The van der Waals surface area contributed by atoms with Gasteiger partial charge in [-0.3, -0.25) is 9.89 Å². The number of hydrogen-bond donors (Lipinski definition) is 1. The van der Waals surface area contributed by atoms with Gasteiger partial charge in [0.2, 0.25) is 5.91 Å². The van der Waals surface area contributed by atoms with Crippen LogP contribution in [0.1, 0.15) is 17.2 Å². The minimum Gasteiger partial charge on any atom is -0.337 e. The van der Waals surface area contributed by atoms with Crippen molar-refractivity contribution >= 4 is 17.7 Å². The zero-order valence-electron chi connectivity index (χ0n) is 12.0. The number of carbonyl (C=O) groups is 1. The van der Waals surface area contributed by atoms with Gasteiger partial charge in [0, 0.05) is 12.8 Å². The quantitative estimate of drug-likeness (QED) is 0.888. The molecule has 0 aliphatic rings. The number of nitrogens with zero attached hydrogens (tertiary/aromatic N) is 3. The first-order valence-electron chi connectivity index (χ1n) is 6.48. The summed E-state index contributed by atoms with van der Waals surface area (Å²) in [6.45, 7) is 2.21. The number of aromatic amines is 1. The van der Waals surface area contributed by atoms with Crippen LogP contribution >= 0.6 is 11.8 Å². The summed E-state index contributed by atoms with van der Waals surface area (Å²) >= 11 is 1.50. The topological polar surface area (TPSA) is 61.9 Å². The average Bonchev–Trinajstić information content (AvgIpc) is 2.86. The van der Waals surface area contributed by atoms with Crippen LogP contribution in [-0.2, 0) is 17.1 Å². The van der Waals surface area contributed by atoms with Crippen molar-refractivity contribution in [2.75, 3.05) is 12.8 Å². The van der Waals surface area contributed by atoms with E-state index in [-0.39, 0.29) is 11.7 Å². The number of amides is 1. The summed E-state index contributed by atoms with van der Waals surface area (Å²) < 4.78 is 12.8. The van der Waals surface area contributed by atoms with Crippen LogP contribution in [0.5, 0.6) is 0 Å². The number of aromatic nitrogens is 3. The Morgan fingerprint density at radius 2 is 2.10 bits per heavy atom. The summed E-state index contributed by atoms with van der Waals surface area (Å²) in [7, 11) is 1.73. The number of thioether (sulfide) groups is 1. The first-order valence-corrected chi connectivity index (χ1v) is 7.64. The molecule has 21 heavy (non-hydrogen) atoms. The lowest BCUT2D eigenvalue weighted by atomic mass is 10.2. The van der Waals surface area contributed by atoms with Crippen molar-refractivity contribution in [3.63, 3.8) is 0 Å². The lowest BCUT2D eigenvalue weighted by Gasteiger charge is -2.14. The van der Waals surface area contributed by atoms with Gasteiger partial charge in [0.1, 0.15) is 11.6 Å². The zero-order chi connectivity index (χ0) is 15.2. The van der Waals surface area contributed by atoms with Gasteiger partial charge in [-0.15, -0.1) is 11.8 Å². The summed E-state index contributed by atoms with van der Waals surface area (Å²) in [6, 6.07) is 6.31. The predicted octanol–water partition coefficient (Wildman–Crippen LogP) is 2.14. The Morgan fingerprint density at radius 3 is 2.71 bits per heavy atom. The maximum atomic E-state index is 12.8. The van der Waals surface area contributed by atoms with Crippen LogP contribution in [0, 0.1) is 12.7 Å². The number of rotatable bonds is 6. The molecule has 2 aromatic rings. The smallest absolute Gasteiger partial charge is 0.232 e. The van der Waals surface area contributed by atoms with E-state index < -0.39 is 0 Å². The third kappa shape index (κ3) is 4.86. The summed E-state index contributed by atoms with van der Waals surface area (Å²) in [5.41, 5.74) is 1.00. The SMILES string of the molecule is Cc1nc(CN(C)C(=O)CSCc2ccc(F)cc2)n[nH]1. The molecule has 2 rings (SSSR count). The maximum absolute atomic E-state index is 12.8. The second-order valence-electron chi connectivity index (χ2n) is 4.71. The molecule has 0 unspecified atom stereocenters. The Bertz CT molecular complexity index is 599. The van der Waals surface area contributed by atoms with E-state index in [9.17, 15) is 9.18 Å². The molecule has 7 heteroatoms. The van der Waals surface area contributed by atoms with Crippen LogP contribution in [0.2, 0.25) is 0 Å². The fraction of sp³-hybridized carbons (Fsp3) is 0.357. The molecule has 112 valence electrons. The highest BCUT2D eigenvalue weighted by Gasteiger charge is 2.11. The van der Waals surface area contributed by atoms with Crippen molar-refractivity contribution in [1.82, 2.24) is 20.1 Å². The molecule has 0 saturated heterocycles. The van der Waals surface area contributed by atoms with Gasteiger partial charge in [-0.05, 0) is 24.6 Å². The van der Waals surface area contributed by atoms with Gasteiger partial charge in [0.25, 0.3) is 0 Å². The second kappa shape index (κ2) is 7.21. The Kier molecular flexibility index (Phi) is 5.32. The molecule has 0 aliphatic carbocycles. The molecule has 1 aromatic carbocycles. The minimum absolute atomic E-state index is 0.0181. The first kappa shape index (κ1) is 15.5. The lowest BCUT2D eigenvalue weighted by molar-refractivity contribution is -0.127. The fourth-order valence-corrected chi connectivity index (χ4v) is 2.63. The van der Waals surface area contributed by atoms with E-state index in [1.165, 1.54) is 23.9 Å². The molecule has 1 amide bonds. The third-order valence-electron chi connectivity index (χ3n) is 2.86. The Labute approximate surface area is 127 Å². The van der Waals surface area contributed by atoms with Gasteiger partial charge < -0.3 is 4.90 Å². The number of H-pyrrole nitrogens is 1. The molecule has 1 aromatic heterocycles. The molecule has 0 atom stereocenters. The number of carbonyl (C=O) groups excluding carboxylic acids is 1. The van der Waals surface area contributed by atoms with Gasteiger partial charge in [-0.25, -0.2) is 9.37 Å². The highest BCUT2D eigenvalue weighted by atomic mass is 32.2. The zero-order valence-corrected chi connectivity index (χ0v) is 12.8. The molecule has 0 aliphatic heterocycles. The highest BCUT2D eigenvalue weighted by Crippen LogP contribution is 2.13. The van der Waals surface area contributed by atoms with E-state index in [1.807, 2.05) is 6.92 Å². The van der Waals surface area contributed by atoms with Crippen molar-refractivity contribution in [1.29, 1.82) is 0 Å². The van der Waals surface area contributed by atoms with Crippen molar-refractivity contribution < 1.29 is 9.18 Å². The summed E-state index contributed by atoms with van der Waals surface area (Å²) in [5, 5.41) is 6.75. The largest absolute Gasteiger partial charge is 0.337 e. The number of benzene rings is 1.